The van der Waals surface area contributed by atoms with E-state index in [-0.39, 0.29) is 29.6 Å². The second-order valence-electron chi connectivity index (χ2n) is 0.712. The molecule has 0 spiro atoms. The van der Waals surface area contributed by atoms with Gasteiger partial charge in [0.15, 0.2) is 0 Å². The Bertz CT molecular complexity index is 119. The van der Waals surface area contributed by atoms with Crippen molar-refractivity contribution in [1.82, 2.24) is 4.89 Å². The molecule has 0 aliphatic rings. The average molecular weight is 151 g/mol. The summed E-state index contributed by atoms with van der Waals surface area (Å²) in [5.74, 6) is 0. The average Bonchev–Trinajstić information content (AvgIpc) is 1.68. The number of nitrogens with one attached hydrogen (secondary N) is 1. The second kappa shape index (κ2) is 4.68. The van der Waals surface area contributed by atoms with E-state index >= 15 is 0 Å². The summed E-state index contributed by atoms with van der Waals surface area (Å²) in [6.07, 6.45) is 0. The molecule has 0 rings (SSSR count). The fraction of sp³-hybridized carbons (Fsp3) is 1.00. The third kappa shape index (κ3) is 4.98. The summed E-state index contributed by atoms with van der Waals surface area (Å²) in [5, 5.41) is 7.63. The molecule has 0 saturated carbocycles. The molecular formula is CH6NNaO4S. The minimum absolute atomic E-state index is 0. The van der Waals surface area contributed by atoms with Crippen molar-refractivity contribution in [2.75, 3.05) is 7.11 Å². The van der Waals surface area contributed by atoms with Crippen LogP contribution in [0.25, 0.3) is 0 Å². The summed E-state index contributed by atoms with van der Waals surface area (Å²) >= 11 is 0. The van der Waals surface area contributed by atoms with Crippen LogP contribution in [-0.4, -0.2) is 50.3 Å². The van der Waals surface area contributed by atoms with Crippen molar-refractivity contribution < 1.29 is 17.8 Å². The number of hydrogen-bond donors (Lipinski definition) is 2. The van der Waals surface area contributed by atoms with E-state index in [0.29, 0.717) is 0 Å². The normalized spacial score (nSPS) is 10.2. The third-order valence-corrected chi connectivity index (χ3v) is 0.994. The summed E-state index contributed by atoms with van der Waals surface area (Å²) in [5.41, 5.74) is 0. The van der Waals surface area contributed by atoms with E-state index in [1.54, 1.807) is 0 Å². The van der Waals surface area contributed by atoms with Crippen LogP contribution in [0.2, 0.25) is 0 Å². The van der Waals surface area contributed by atoms with E-state index in [9.17, 15) is 8.42 Å². The van der Waals surface area contributed by atoms with Crippen LogP contribution in [0, 0.1) is 0 Å². The summed E-state index contributed by atoms with van der Waals surface area (Å²) < 4.78 is 23.3. The van der Waals surface area contributed by atoms with Crippen LogP contribution in [0.3, 0.4) is 0 Å². The molecule has 0 bridgehead atoms. The van der Waals surface area contributed by atoms with Crippen molar-refractivity contribution in [3.05, 3.63) is 0 Å². The first kappa shape index (κ1) is 11.6. The van der Waals surface area contributed by atoms with Gasteiger partial charge in [-0.05, 0) is 0 Å². The first-order valence-electron chi connectivity index (χ1n) is 1.34. The van der Waals surface area contributed by atoms with Gasteiger partial charge in [-0.2, -0.15) is 8.42 Å². The summed E-state index contributed by atoms with van der Waals surface area (Å²) in [4.78, 5) is 0.941. The van der Waals surface area contributed by atoms with Gasteiger partial charge in [-0.1, -0.05) is 4.89 Å². The SMILES string of the molecule is COS(=O)(=O)NO.[NaH]. The molecule has 0 aromatic carbocycles. The molecule has 0 heterocycles. The standard InChI is InChI=1S/CH5NO4S.Na.H/c1-6-7(4,5)2-3;;/h2-3H,1H3;;. The van der Waals surface area contributed by atoms with Gasteiger partial charge in [0.2, 0.25) is 0 Å². The molecule has 0 aliphatic carbocycles. The van der Waals surface area contributed by atoms with E-state index in [1.807, 2.05) is 0 Å². The van der Waals surface area contributed by atoms with Crippen LogP contribution in [0.1, 0.15) is 0 Å². The van der Waals surface area contributed by atoms with Crippen molar-refractivity contribution >= 4 is 39.9 Å². The molecule has 0 aromatic heterocycles. The number of rotatable bonds is 2. The summed E-state index contributed by atoms with van der Waals surface area (Å²) in [6.45, 7) is 0. The van der Waals surface area contributed by atoms with Gasteiger partial charge in [-0.15, -0.1) is 0 Å². The molecule has 8 heavy (non-hydrogen) atoms. The molecule has 0 atom stereocenters. The number of hydrogen-bond acceptors (Lipinski definition) is 4. The molecule has 0 unspecified atom stereocenters. The molecule has 0 aromatic rings. The first-order chi connectivity index (χ1) is 3.12. The van der Waals surface area contributed by atoms with Crippen LogP contribution < -0.4 is 4.89 Å². The van der Waals surface area contributed by atoms with Gasteiger partial charge in [0.05, 0.1) is 7.11 Å². The summed E-state index contributed by atoms with van der Waals surface area (Å²) in [7, 11) is -2.92. The zero-order valence-corrected chi connectivity index (χ0v) is 4.40. The Morgan fingerprint density at radius 2 is 2.00 bits per heavy atom. The van der Waals surface area contributed by atoms with Gasteiger partial charge >= 0.3 is 39.9 Å². The predicted molar refractivity (Wildman–Crippen MR) is 28.0 cm³/mol. The third-order valence-electron chi connectivity index (χ3n) is 0.331. The van der Waals surface area contributed by atoms with Gasteiger partial charge in [0.25, 0.3) is 0 Å². The Balaban J connectivity index is 0. The van der Waals surface area contributed by atoms with Crippen LogP contribution in [0.4, 0.5) is 0 Å². The van der Waals surface area contributed by atoms with Crippen LogP contribution >= 0.6 is 0 Å². The molecular weight excluding hydrogens is 145 g/mol. The molecule has 7 heteroatoms. The van der Waals surface area contributed by atoms with Gasteiger partial charge in [-0.3, -0.25) is 4.18 Å². The maximum atomic E-state index is 9.78. The maximum absolute atomic E-state index is 9.78. The zero-order valence-electron chi connectivity index (χ0n) is 3.58. The molecule has 46 valence electrons. The predicted octanol–water partition coefficient (Wildman–Crippen LogP) is -1.79. The van der Waals surface area contributed by atoms with Gasteiger partial charge in [-0.25, -0.2) is 0 Å². The van der Waals surface area contributed by atoms with Crippen LogP contribution in [0.15, 0.2) is 0 Å². The summed E-state index contributed by atoms with van der Waals surface area (Å²) in [6, 6.07) is 0. The molecule has 0 saturated heterocycles. The second-order valence-corrected chi connectivity index (χ2v) is 2.14. The fourth-order valence-electron chi connectivity index (χ4n) is 0.0373. The Labute approximate surface area is 69.5 Å². The minimum atomic E-state index is -3.85. The zero-order chi connectivity index (χ0) is 5.91. The Morgan fingerprint density at radius 3 is 2.00 bits per heavy atom. The van der Waals surface area contributed by atoms with Crippen molar-refractivity contribution in [1.29, 1.82) is 0 Å². The van der Waals surface area contributed by atoms with Gasteiger partial charge < -0.3 is 5.21 Å². The van der Waals surface area contributed by atoms with Crippen molar-refractivity contribution in [3.8, 4) is 0 Å². The molecule has 0 aliphatic heterocycles. The van der Waals surface area contributed by atoms with Crippen molar-refractivity contribution in [3.63, 3.8) is 0 Å². The van der Waals surface area contributed by atoms with E-state index in [4.69, 9.17) is 5.21 Å². The van der Waals surface area contributed by atoms with Gasteiger partial charge in [0.1, 0.15) is 0 Å². The molecule has 0 radical (unpaired) electrons. The Hall–Kier alpha value is 0.830. The van der Waals surface area contributed by atoms with E-state index in [2.05, 4.69) is 4.18 Å². The molecule has 0 amide bonds. The Kier molecular flexibility index (Phi) is 6.80. The quantitative estimate of drug-likeness (QED) is 0.361. The monoisotopic (exact) mass is 151 g/mol. The van der Waals surface area contributed by atoms with Crippen molar-refractivity contribution in [2.45, 2.75) is 0 Å². The van der Waals surface area contributed by atoms with E-state index in [1.165, 1.54) is 0 Å². The van der Waals surface area contributed by atoms with E-state index < -0.39 is 10.3 Å². The van der Waals surface area contributed by atoms with Crippen LogP contribution in [0.5, 0.6) is 0 Å². The van der Waals surface area contributed by atoms with Crippen molar-refractivity contribution in [2.24, 2.45) is 0 Å². The molecule has 5 nitrogen and oxygen atoms in total. The fourth-order valence-corrected chi connectivity index (χ4v) is 0.112. The Morgan fingerprint density at radius 1 is 1.62 bits per heavy atom. The first-order valence-corrected chi connectivity index (χ1v) is 2.74. The van der Waals surface area contributed by atoms with Gasteiger partial charge in [0, 0.05) is 0 Å². The topological polar surface area (TPSA) is 75.6 Å². The van der Waals surface area contributed by atoms with E-state index in [0.717, 1.165) is 12.0 Å². The molecule has 0 fully saturated rings. The van der Waals surface area contributed by atoms with Crippen LogP contribution in [-0.2, 0) is 14.5 Å². The molecule has 2 N–H and O–H groups in total.